The van der Waals surface area contributed by atoms with Gasteiger partial charge in [0.25, 0.3) is 5.91 Å². The van der Waals surface area contributed by atoms with Gasteiger partial charge in [-0.15, -0.1) is 11.3 Å². The van der Waals surface area contributed by atoms with Crippen molar-refractivity contribution in [3.8, 4) is 0 Å². The molecule has 1 unspecified atom stereocenters. The third kappa shape index (κ3) is 5.32. The van der Waals surface area contributed by atoms with E-state index in [0.29, 0.717) is 19.6 Å². The van der Waals surface area contributed by atoms with Gasteiger partial charge in [0.15, 0.2) is 6.54 Å². The average molecular weight is 417 g/mol. The fourth-order valence-electron chi connectivity index (χ4n) is 3.53. The van der Waals surface area contributed by atoms with E-state index in [1.807, 2.05) is 59.5 Å². The zero-order chi connectivity index (χ0) is 20.8. The van der Waals surface area contributed by atoms with E-state index in [2.05, 4.69) is 37.4 Å². The van der Waals surface area contributed by atoms with Crippen LogP contribution in [0.15, 0.2) is 84.9 Å². The number of thiazole rings is 1. The van der Waals surface area contributed by atoms with E-state index in [1.165, 1.54) is 4.70 Å². The number of benzene rings is 3. The summed E-state index contributed by atoms with van der Waals surface area (Å²) in [7, 11) is 2.06. The van der Waals surface area contributed by atoms with E-state index >= 15 is 0 Å². The lowest BCUT2D eigenvalue weighted by Crippen LogP contribution is -3.08. The first-order valence-corrected chi connectivity index (χ1v) is 11.0. The van der Waals surface area contributed by atoms with E-state index in [9.17, 15) is 4.79 Å². The Kier molecular flexibility index (Phi) is 6.52. The number of carbonyl (C=O) groups excluding carboxylic acids is 1. The van der Waals surface area contributed by atoms with Gasteiger partial charge in [0.1, 0.15) is 11.6 Å². The Hall–Kier alpha value is -3.02. The highest BCUT2D eigenvalue weighted by Gasteiger charge is 2.20. The molecule has 4 nitrogen and oxygen atoms in total. The quantitative estimate of drug-likeness (QED) is 0.477. The molecule has 1 N–H and O–H groups in total. The average Bonchev–Trinajstić information content (AvgIpc) is 3.17. The molecule has 1 atom stereocenters. The lowest BCUT2D eigenvalue weighted by molar-refractivity contribution is -0.885. The maximum absolute atomic E-state index is 13.2. The molecule has 1 amide bonds. The summed E-state index contributed by atoms with van der Waals surface area (Å²) in [6.45, 7) is 2.41. The van der Waals surface area contributed by atoms with Gasteiger partial charge in [-0.05, 0) is 23.3 Å². The number of aromatic nitrogens is 1. The molecule has 0 bridgehead atoms. The Balaban J connectivity index is 1.44. The van der Waals surface area contributed by atoms with Gasteiger partial charge in [-0.3, -0.25) is 4.79 Å². The standard InChI is InChI=1S/C25H25N3OS/c1-27(18-24-26-22-14-8-9-15-23(22)30-24)19-25(29)28(16-20-10-4-2-5-11-20)17-21-12-6-3-7-13-21/h2-15H,16-19H2,1H3/p+1. The summed E-state index contributed by atoms with van der Waals surface area (Å²) >= 11 is 1.71. The van der Waals surface area contributed by atoms with Crippen molar-refractivity contribution in [2.75, 3.05) is 13.6 Å². The molecule has 0 aliphatic heterocycles. The van der Waals surface area contributed by atoms with Gasteiger partial charge < -0.3 is 9.80 Å². The molecule has 30 heavy (non-hydrogen) atoms. The largest absolute Gasteiger partial charge is 0.329 e. The molecule has 0 radical (unpaired) electrons. The number of para-hydroxylation sites is 1. The van der Waals surface area contributed by atoms with Crippen LogP contribution >= 0.6 is 11.3 Å². The maximum atomic E-state index is 13.2. The molecule has 5 heteroatoms. The summed E-state index contributed by atoms with van der Waals surface area (Å²) in [4.78, 5) is 21.0. The second-order valence-corrected chi connectivity index (χ2v) is 8.72. The number of carbonyl (C=O) groups is 1. The normalized spacial score (nSPS) is 12.0. The molecule has 0 fully saturated rings. The van der Waals surface area contributed by atoms with Crippen molar-refractivity contribution in [1.82, 2.24) is 9.88 Å². The van der Waals surface area contributed by atoms with E-state index in [4.69, 9.17) is 4.98 Å². The highest BCUT2D eigenvalue weighted by molar-refractivity contribution is 7.18. The van der Waals surface area contributed by atoms with Gasteiger partial charge in [0.05, 0.1) is 17.3 Å². The van der Waals surface area contributed by atoms with Crippen LogP contribution in [0.1, 0.15) is 16.1 Å². The Bertz CT molecular complexity index is 1020. The number of quaternary nitrogens is 1. The number of hydrogen-bond acceptors (Lipinski definition) is 3. The molecule has 1 heterocycles. The van der Waals surface area contributed by atoms with Crippen LogP contribution in [-0.4, -0.2) is 29.4 Å². The Labute approximate surface area is 181 Å². The summed E-state index contributed by atoms with van der Waals surface area (Å²) in [5.41, 5.74) is 3.32. The molecule has 0 aliphatic rings. The van der Waals surface area contributed by atoms with Crippen LogP contribution in [0.2, 0.25) is 0 Å². The fourth-order valence-corrected chi connectivity index (χ4v) is 4.61. The lowest BCUT2D eigenvalue weighted by atomic mass is 10.1. The summed E-state index contributed by atoms with van der Waals surface area (Å²) in [6, 6.07) is 28.6. The van der Waals surface area contributed by atoms with Gasteiger partial charge in [0, 0.05) is 13.1 Å². The third-order valence-electron chi connectivity index (χ3n) is 5.03. The van der Waals surface area contributed by atoms with Gasteiger partial charge in [-0.2, -0.15) is 0 Å². The van der Waals surface area contributed by atoms with Gasteiger partial charge in [-0.25, -0.2) is 4.98 Å². The highest BCUT2D eigenvalue weighted by atomic mass is 32.1. The first kappa shape index (κ1) is 20.3. The monoisotopic (exact) mass is 416 g/mol. The Morgan fingerprint density at radius 3 is 2.03 bits per heavy atom. The van der Waals surface area contributed by atoms with E-state index < -0.39 is 0 Å². The molecular formula is C25H26N3OS+. The Morgan fingerprint density at radius 1 is 0.867 bits per heavy atom. The van der Waals surface area contributed by atoms with Crippen LogP contribution in [-0.2, 0) is 24.4 Å². The van der Waals surface area contributed by atoms with Crippen molar-refractivity contribution in [3.05, 3.63) is 101 Å². The molecule has 0 aliphatic carbocycles. The number of likely N-dealkylation sites (N-methyl/N-ethyl adjacent to an activating group) is 1. The van der Waals surface area contributed by atoms with Crippen LogP contribution < -0.4 is 4.90 Å². The lowest BCUT2D eigenvalue weighted by Gasteiger charge is -2.24. The van der Waals surface area contributed by atoms with Crippen molar-refractivity contribution in [2.24, 2.45) is 0 Å². The summed E-state index contributed by atoms with van der Waals surface area (Å²) in [6.07, 6.45) is 0. The summed E-state index contributed by atoms with van der Waals surface area (Å²) in [5, 5.41) is 1.07. The van der Waals surface area contributed by atoms with Crippen LogP contribution in [0.4, 0.5) is 0 Å². The zero-order valence-electron chi connectivity index (χ0n) is 17.1. The van der Waals surface area contributed by atoms with E-state index in [1.54, 1.807) is 11.3 Å². The van der Waals surface area contributed by atoms with Crippen molar-refractivity contribution in [3.63, 3.8) is 0 Å². The van der Waals surface area contributed by atoms with Crippen molar-refractivity contribution < 1.29 is 9.69 Å². The van der Waals surface area contributed by atoms with Gasteiger partial charge >= 0.3 is 0 Å². The molecule has 0 saturated heterocycles. The number of hydrogen-bond donors (Lipinski definition) is 1. The SMILES string of the molecule is C[NH+](CC(=O)N(Cc1ccccc1)Cc1ccccc1)Cc1nc2ccccc2s1. The minimum atomic E-state index is 0.154. The van der Waals surface area contributed by atoms with Crippen molar-refractivity contribution in [1.29, 1.82) is 0 Å². The number of fused-ring (bicyclic) bond motifs is 1. The summed E-state index contributed by atoms with van der Waals surface area (Å²) in [5.74, 6) is 0.154. The number of amides is 1. The zero-order valence-corrected chi connectivity index (χ0v) is 17.9. The first-order valence-electron chi connectivity index (χ1n) is 10.2. The predicted molar refractivity (Wildman–Crippen MR) is 122 cm³/mol. The van der Waals surface area contributed by atoms with Crippen LogP contribution in [0.3, 0.4) is 0 Å². The minimum absolute atomic E-state index is 0.154. The topological polar surface area (TPSA) is 37.6 Å². The van der Waals surface area contributed by atoms with Crippen molar-refractivity contribution >= 4 is 27.5 Å². The maximum Gasteiger partial charge on any atom is 0.278 e. The van der Waals surface area contributed by atoms with Crippen LogP contribution in [0.5, 0.6) is 0 Å². The van der Waals surface area contributed by atoms with Gasteiger partial charge in [0.2, 0.25) is 0 Å². The molecule has 3 aromatic carbocycles. The van der Waals surface area contributed by atoms with Gasteiger partial charge in [-0.1, -0.05) is 72.8 Å². The number of nitrogens with zero attached hydrogens (tertiary/aromatic N) is 2. The third-order valence-corrected chi connectivity index (χ3v) is 6.07. The second-order valence-electron chi connectivity index (χ2n) is 7.61. The predicted octanol–water partition coefficient (Wildman–Crippen LogP) is 3.54. The molecule has 0 spiro atoms. The smallest absolute Gasteiger partial charge is 0.278 e. The molecule has 152 valence electrons. The second kappa shape index (κ2) is 9.65. The van der Waals surface area contributed by atoms with E-state index in [0.717, 1.165) is 33.1 Å². The minimum Gasteiger partial charge on any atom is -0.329 e. The Morgan fingerprint density at radius 2 is 1.43 bits per heavy atom. The summed E-state index contributed by atoms with van der Waals surface area (Å²) < 4.78 is 1.20. The number of nitrogens with one attached hydrogen (secondary N) is 1. The molecule has 0 saturated carbocycles. The van der Waals surface area contributed by atoms with E-state index in [-0.39, 0.29) is 5.91 Å². The van der Waals surface area contributed by atoms with Crippen molar-refractivity contribution in [2.45, 2.75) is 19.6 Å². The number of rotatable bonds is 8. The fraction of sp³-hybridized carbons (Fsp3) is 0.200. The molecular weight excluding hydrogens is 390 g/mol. The molecule has 1 aromatic heterocycles. The molecule has 4 aromatic rings. The van der Waals surface area contributed by atoms with Crippen LogP contribution in [0, 0.1) is 0 Å². The highest BCUT2D eigenvalue weighted by Crippen LogP contribution is 2.20. The molecule has 4 rings (SSSR count). The van der Waals surface area contributed by atoms with Crippen LogP contribution in [0.25, 0.3) is 10.2 Å². The first-order chi connectivity index (χ1) is 14.7.